The van der Waals surface area contributed by atoms with Crippen molar-refractivity contribution in [1.29, 1.82) is 0 Å². The Hall–Kier alpha value is -0.170. The van der Waals surface area contributed by atoms with Crippen LogP contribution in [-0.4, -0.2) is 15.7 Å². The van der Waals surface area contributed by atoms with Crippen LogP contribution in [-0.2, 0) is 0 Å². The van der Waals surface area contributed by atoms with Gasteiger partial charge in [0.15, 0.2) is 0 Å². The van der Waals surface area contributed by atoms with E-state index in [1.54, 1.807) is 0 Å². The molecule has 0 amide bonds. The Kier molecular flexibility index (Phi) is 1.24. The first-order chi connectivity index (χ1) is 3.30. The van der Waals surface area contributed by atoms with Crippen LogP contribution in [0, 0.1) is 0 Å². The lowest BCUT2D eigenvalue weighted by Crippen LogP contribution is -2.19. The molecule has 0 saturated heterocycles. The van der Waals surface area contributed by atoms with E-state index in [9.17, 15) is 0 Å². The monoisotopic (exact) mass is 104 g/mol. The number of hydrogen-bond donors (Lipinski definition) is 0. The zero-order valence-electron chi connectivity index (χ0n) is 3.72. The minimum atomic E-state index is 0.685. The molecule has 0 bridgehead atoms. The van der Waals surface area contributed by atoms with E-state index in [4.69, 9.17) is 15.7 Å². The predicted molar refractivity (Wildman–Crippen MR) is 35.1 cm³/mol. The van der Waals surface area contributed by atoms with Crippen molar-refractivity contribution >= 4 is 38.0 Å². The Bertz CT molecular complexity index is 142. The smallest absolute Gasteiger partial charge is 0.114 e. The van der Waals surface area contributed by atoms with Gasteiger partial charge in [0.1, 0.15) is 15.7 Å². The molecule has 1 aromatic rings. The molecule has 0 fully saturated rings. The van der Waals surface area contributed by atoms with Crippen molar-refractivity contribution in [3.8, 4) is 0 Å². The minimum absolute atomic E-state index is 0.685. The van der Waals surface area contributed by atoms with Crippen LogP contribution < -0.4 is 10.9 Å². The average molecular weight is 104 g/mol. The molecule has 1 rings (SSSR count). The molecular weight excluding hydrogens is 102 g/mol. The Morgan fingerprint density at radius 3 is 1.71 bits per heavy atom. The van der Waals surface area contributed by atoms with Crippen molar-refractivity contribution in [3.63, 3.8) is 0 Å². The van der Waals surface area contributed by atoms with Crippen molar-refractivity contribution in [2.45, 2.75) is 0 Å². The van der Waals surface area contributed by atoms with E-state index in [2.05, 4.69) is 0 Å². The Labute approximate surface area is 49.4 Å². The summed E-state index contributed by atoms with van der Waals surface area (Å²) < 4.78 is 0. The zero-order valence-corrected chi connectivity index (χ0v) is 4.53. The van der Waals surface area contributed by atoms with Crippen LogP contribution in [0.2, 0.25) is 0 Å². The van der Waals surface area contributed by atoms with Gasteiger partial charge in [0.2, 0.25) is 0 Å². The van der Waals surface area contributed by atoms with Gasteiger partial charge in [-0.25, -0.2) is 0 Å². The summed E-state index contributed by atoms with van der Waals surface area (Å²) in [5.74, 6) is 0. The highest BCUT2D eigenvalue weighted by Gasteiger charge is 1.86. The second-order valence-corrected chi connectivity index (χ2v) is 2.03. The van der Waals surface area contributed by atoms with Crippen LogP contribution in [0.3, 0.4) is 0 Å². The van der Waals surface area contributed by atoms with Crippen LogP contribution in [0.25, 0.3) is 0 Å². The van der Waals surface area contributed by atoms with Crippen LogP contribution in [0.1, 0.15) is 0 Å². The van der Waals surface area contributed by atoms with Gasteiger partial charge >= 0.3 is 0 Å². The first kappa shape index (κ1) is 4.98. The minimum Gasteiger partial charge on any atom is -0.154 e. The van der Waals surface area contributed by atoms with Gasteiger partial charge in [-0.05, 0) is 10.8 Å². The fourth-order valence-electron chi connectivity index (χ4n) is 0.317. The molecule has 0 N–H and O–H groups in total. The van der Waals surface area contributed by atoms with Crippen LogP contribution in [0.5, 0.6) is 0 Å². The average Bonchev–Trinajstić information content (AvgIpc) is 1.91. The number of hydrogen-bond acceptors (Lipinski definition) is 1. The van der Waals surface area contributed by atoms with E-state index in [1.165, 1.54) is 11.3 Å². The highest BCUT2D eigenvalue weighted by Crippen LogP contribution is 1.85. The van der Waals surface area contributed by atoms with Gasteiger partial charge in [-0.2, -0.15) is 11.3 Å². The van der Waals surface area contributed by atoms with Gasteiger partial charge in [-0.1, -0.05) is 10.9 Å². The Morgan fingerprint density at radius 2 is 1.57 bits per heavy atom. The Morgan fingerprint density at radius 1 is 1.14 bits per heavy atom. The fourth-order valence-corrected chi connectivity index (χ4v) is 0.950. The predicted octanol–water partition coefficient (Wildman–Crippen LogP) is -0.664. The molecule has 7 heavy (non-hydrogen) atoms. The molecule has 0 aliphatic rings. The lowest BCUT2D eigenvalue weighted by Gasteiger charge is -1.80. The molecule has 3 heteroatoms. The number of thiophene rings is 1. The van der Waals surface area contributed by atoms with E-state index in [0.717, 1.165) is 0 Å². The lowest BCUT2D eigenvalue weighted by atomic mass is 9.85. The standard InChI is InChI=1S/C4H2B2S/c5-3-1-7-2-4(3)6/h1-2H. The summed E-state index contributed by atoms with van der Waals surface area (Å²) in [6.45, 7) is 0. The molecule has 1 heterocycles. The SMILES string of the molecule is [B]c1cscc1[B]. The van der Waals surface area contributed by atoms with E-state index < -0.39 is 0 Å². The molecule has 0 atom stereocenters. The summed E-state index contributed by atoms with van der Waals surface area (Å²) >= 11 is 1.52. The van der Waals surface area contributed by atoms with Gasteiger partial charge in [0, 0.05) is 0 Å². The van der Waals surface area contributed by atoms with E-state index in [0.29, 0.717) is 10.9 Å². The van der Waals surface area contributed by atoms with Gasteiger partial charge in [-0.3, -0.25) is 0 Å². The molecule has 0 spiro atoms. The van der Waals surface area contributed by atoms with Crippen molar-refractivity contribution in [2.24, 2.45) is 0 Å². The van der Waals surface area contributed by atoms with Crippen molar-refractivity contribution in [1.82, 2.24) is 0 Å². The maximum absolute atomic E-state index is 5.33. The topological polar surface area (TPSA) is 0 Å². The summed E-state index contributed by atoms with van der Waals surface area (Å²) in [5.41, 5.74) is 1.37. The molecule has 0 aliphatic heterocycles. The van der Waals surface area contributed by atoms with Crippen molar-refractivity contribution < 1.29 is 0 Å². The van der Waals surface area contributed by atoms with Crippen LogP contribution in [0.4, 0.5) is 0 Å². The molecule has 0 saturated carbocycles. The van der Waals surface area contributed by atoms with E-state index >= 15 is 0 Å². The first-order valence-corrected chi connectivity index (χ1v) is 2.82. The summed E-state index contributed by atoms with van der Waals surface area (Å²) in [6.07, 6.45) is 0. The largest absolute Gasteiger partial charge is 0.154 e. The van der Waals surface area contributed by atoms with Crippen LogP contribution in [0.15, 0.2) is 10.8 Å². The molecule has 0 aliphatic carbocycles. The molecular formula is C4H2B2S. The van der Waals surface area contributed by atoms with Gasteiger partial charge in [0.05, 0.1) is 0 Å². The molecule has 4 radical (unpaired) electrons. The summed E-state index contributed by atoms with van der Waals surface area (Å²) in [6, 6.07) is 0. The van der Waals surface area contributed by atoms with Crippen LogP contribution >= 0.6 is 11.3 Å². The quantitative estimate of drug-likeness (QED) is 0.383. The molecule has 1 aromatic heterocycles. The maximum Gasteiger partial charge on any atom is 0.114 e. The number of rotatable bonds is 0. The third kappa shape index (κ3) is 0.885. The fraction of sp³-hybridized carbons (Fsp3) is 0. The van der Waals surface area contributed by atoms with Gasteiger partial charge in [0.25, 0.3) is 0 Å². The molecule has 0 aromatic carbocycles. The van der Waals surface area contributed by atoms with E-state index in [1.807, 2.05) is 10.8 Å². The summed E-state index contributed by atoms with van der Waals surface area (Å²) in [5, 5.41) is 3.63. The molecule has 0 unspecified atom stereocenters. The van der Waals surface area contributed by atoms with E-state index in [-0.39, 0.29) is 0 Å². The Balaban J connectivity index is 3.12. The maximum atomic E-state index is 5.33. The second-order valence-electron chi connectivity index (χ2n) is 1.28. The summed E-state index contributed by atoms with van der Waals surface area (Å²) in [4.78, 5) is 0. The highest BCUT2D eigenvalue weighted by molar-refractivity contribution is 7.10. The normalized spacial score (nSPS) is 9.14. The first-order valence-electron chi connectivity index (χ1n) is 1.88. The molecule has 30 valence electrons. The lowest BCUT2D eigenvalue weighted by molar-refractivity contribution is 2.30. The highest BCUT2D eigenvalue weighted by atomic mass is 32.1. The second kappa shape index (κ2) is 1.74. The third-order valence-corrected chi connectivity index (χ3v) is 1.50. The zero-order chi connectivity index (χ0) is 5.28. The van der Waals surface area contributed by atoms with Crippen molar-refractivity contribution in [2.75, 3.05) is 0 Å². The van der Waals surface area contributed by atoms with Gasteiger partial charge < -0.3 is 0 Å². The van der Waals surface area contributed by atoms with Crippen molar-refractivity contribution in [3.05, 3.63) is 10.8 Å². The van der Waals surface area contributed by atoms with Gasteiger partial charge in [-0.15, -0.1) is 0 Å². The third-order valence-electron chi connectivity index (χ3n) is 0.723. The molecule has 0 nitrogen and oxygen atoms in total. The summed E-state index contributed by atoms with van der Waals surface area (Å²) in [7, 11) is 10.7.